The number of ether oxygens (including phenoxy) is 4. The molecule has 0 spiro atoms. The molecule has 8 atom stereocenters. The first-order chi connectivity index (χ1) is 18.4. The molecule has 0 unspecified atom stereocenters. The standard InChI is InChI=1S/C26H48N4O8/c1-2-20(32)26(35-12-11-31)38-25-19(30-21(33)9-10-27)13-18(28)24(23(25)34)37-22-8-4-7-17(36-22)15-29-14-16-5-3-6-16/h7,16,18-20,22-26,29,31-32,34H,2-6,8-15,27-28H2,1H3,(H,30,33)/t18-,19+,20+,22+,23-,24+,25-,26+/m0/s1. The highest BCUT2D eigenvalue weighted by Crippen LogP contribution is 2.30. The number of hydrogen-bond acceptors (Lipinski definition) is 11. The minimum atomic E-state index is -1.25. The molecule has 3 aliphatic rings. The van der Waals surface area contributed by atoms with E-state index in [4.69, 9.17) is 30.4 Å². The Bertz CT molecular complexity index is 740. The van der Waals surface area contributed by atoms with E-state index in [1.807, 2.05) is 0 Å². The van der Waals surface area contributed by atoms with Crippen molar-refractivity contribution in [1.29, 1.82) is 0 Å². The Kier molecular flexibility index (Phi) is 13.2. The summed E-state index contributed by atoms with van der Waals surface area (Å²) in [4.78, 5) is 12.4. The second-order valence-corrected chi connectivity index (χ2v) is 10.5. The first-order valence-corrected chi connectivity index (χ1v) is 14.1. The molecule has 0 aromatic carbocycles. The van der Waals surface area contributed by atoms with Crippen LogP contribution in [0.1, 0.15) is 58.3 Å². The third kappa shape index (κ3) is 9.10. The zero-order chi connectivity index (χ0) is 27.5. The minimum Gasteiger partial charge on any atom is -0.468 e. The van der Waals surface area contributed by atoms with Crippen LogP contribution in [0.15, 0.2) is 11.8 Å². The van der Waals surface area contributed by atoms with Crippen LogP contribution in [0.2, 0.25) is 0 Å². The van der Waals surface area contributed by atoms with Crippen molar-refractivity contribution in [2.45, 2.75) is 107 Å². The van der Waals surface area contributed by atoms with Gasteiger partial charge in [-0.05, 0) is 50.6 Å². The Hall–Kier alpha value is -1.35. The van der Waals surface area contributed by atoms with Gasteiger partial charge in [0.25, 0.3) is 0 Å². The molecule has 12 nitrogen and oxygen atoms in total. The number of rotatable bonds is 16. The lowest BCUT2D eigenvalue weighted by atomic mass is 9.83. The lowest BCUT2D eigenvalue weighted by molar-refractivity contribution is -0.269. The van der Waals surface area contributed by atoms with Gasteiger partial charge in [0.15, 0.2) is 12.6 Å². The maximum absolute atomic E-state index is 12.4. The zero-order valence-electron chi connectivity index (χ0n) is 22.5. The number of nitrogens with two attached hydrogens (primary N) is 2. The molecule has 0 radical (unpaired) electrons. The molecule has 2 aliphatic carbocycles. The van der Waals surface area contributed by atoms with E-state index in [0.29, 0.717) is 19.4 Å². The number of allylic oxidation sites excluding steroid dienone is 1. The van der Waals surface area contributed by atoms with E-state index in [-0.39, 0.29) is 38.5 Å². The molecule has 0 aromatic heterocycles. The summed E-state index contributed by atoms with van der Waals surface area (Å²) >= 11 is 0. The number of amides is 1. The Morgan fingerprint density at radius 3 is 2.74 bits per heavy atom. The van der Waals surface area contributed by atoms with Crippen LogP contribution in [0.25, 0.3) is 0 Å². The van der Waals surface area contributed by atoms with Gasteiger partial charge >= 0.3 is 0 Å². The molecule has 38 heavy (non-hydrogen) atoms. The van der Waals surface area contributed by atoms with Gasteiger partial charge in [-0.15, -0.1) is 0 Å². The summed E-state index contributed by atoms with van der Waals surface area (Å²) in [5, 5.41) is 37.3. The lowest BCUT2D eigenvalue weighted by Crippen LogP contribution is -2.66. The molecule has 3 rings (SSSR count). The second-order valence-electron chi connectivity index (χ2n) is 10.5. The van der Waals surface area contributed by atoms with Crippen molar-refractivity contribution in [2.75, 3.05) is 32.8 Å². The molecular weight excluding hydrogens is 496 g/mol. The Morgan fingerprint density at radius 1 is 1.29 bits per heavy atom. The maximum atomic E-state index is 12.4. The van der Waals surface area contributed by atoms with Gasteiger partial charge in [-0.25, -0.2) is 0 Å². The summed E-state index contributed by atoms with van der Waals surface area (Å²) in [7, 11) is 0. The van der Waals surface area contributed by atoms with Crippen LogP contribution in [0.5, 0.6) is 0 Å². The van der Waals surface area contributed by atoms with Crippen molar-refractivity contribution in [3.63, 3.8) is 0 Å². The van der Waals surface area contributed by atoms with E-state index >= 15 is 0 Å². The van der Waals surface area contributed by atoms with Gasteiger partial charge in [-0.1, -0.05) is 13.3 Å². The Balaban J connectivity index is 1.65. The van der Waals surface area contributed by atoms with Gasteiger partial charge in [0, 0.05) is 25.4 Å². The Morgan fingerprint density at radius 2 is 2.08 bits per heavy atom. The summed E-state index contributed by atoms with van der Waals surface area (Å²) in [5.74, 6) is 1.25. The van der Waals surface area contributed by atoms with Gasteiger partial charge in [-0.2, -0.15) is 0 Å². The smallest absolute Gasteiger partial charge is 0.221 e. The monoisotopic (exact) mass is 544 g/mol. The summed E-state index contributed by atoms with van der Waals surface area (Å²) in [6.07, 6.45) is 2.18. The first-order valence-electron chi connectivity index (χ1n) is 14.1. The van der Waals surface area contributed by atoms with Crippen molar-refractivity contribution < 1.29 is 39.1 Å². The van der Waals surface area contributed by atoms with E-state index < -0.39 is 49.1 Å². The third-order valence-electron chi connectivity index (χ3n) is 7.46. The van der Waals surface area contributed by atoms with Gasteiger partial charge in [0.1, 0.15) is 30.2 Å². The van der Waals surface area contributed by atoms with E-state index in [2.05, 4.69) is 16.7 Å². The van der Waals surface area contributed by atoms with E-state index in [1.165, 1.54) is 19.3 Å². The lowest BCUT2D eigenvalue weighted by Gasteiger charge is -2.45. The fraction of sp³-hybridized carbons (Fsp3) is 0.885. The van der Waals surface area contributed by atoms with Gasteiger partial charge < -0.3 is 56.4 Å². The van der Waals surface area contributed by atoms with Crippen LogP contribution in [0.3, 0.4) is 0 Å². The SMILES string of the molecule is CC[C@@H](O)[C@H](OCCO)O[C@@H]1[C@@H](O)[C@H](O[C@@H]2CCC=C(CNCC3CCC3)O2)[C@@H](N)C[C@H]1NC(=O)CCN. The quantitative estimate of drug-likeness (QED) is 0.120. The molecular formula is C26H48N4O8. The van der Waals surface area contributed by atoms with E-state index in [9.17, 15) is 20.1 Å². The average molecular weight is 545 g/mol. The maximum Gasteiger partial charge on any atom is 0.221 e. The molecule has 9 N–H and O–H groups in total. The molecule has 1 heterocycles. The first kappa shape index (κ1) is 31.2. The summed E-state index contributed by atoms with van der Waals surface area (Å²) in [5.41, 5.74) is 12.0. The number of nitrogens with one attached hydrogen (secondary N) is 2. The normalized spacial score (nSPS) is 31.6. The van der Waals surface area contributed by atoms with E-state index in [0.717, 1.165) is 24.6 Å². The minimum absolute atomic E-state index is 0.0615. The number of carbonyl (C=O) groups excluding carboxylic acids is 1. The molecule has 2 fully saturated rings. The largest absolute Gasteiger partial charge is 0.468 e. The molecule has 0 aromatic rings. The average Bonchev–Trinajstić information content (AvgIpc) is 2.87. The fourth-order valence-corrected chi connectivity index (χ4v) is 5.04. The highest BCUT2D eigenvalue weighted by molar-refractivity contribution is 5.76. The van der Waals surface area contributed by atoms with Crippen molar-refractivity contribution in [3.8, 4) is 0 Å². The molecule has 220 valence electrons. The van der Waals surface area contributed by atoms with Gasteiger partial charge in [-0.3, -0.25) is 4.79 Å². The molecule has 1 aliphatic heterocycles. The molecule has 12 heteroatoms. The molecule has 0 bridgehead atoms. The van der Waals surface area contributed by atoms with Crippen LogP contribution >= 0.6 is 0 Å². The predicted molar refractivity (Wildman–Crippen MR) is 139 cm³/mol. The second kappa shape index (κ2) is 16.0. The fourth-order valence-electron chi connectivity index (χ4n) is 5.04. The van der Waals surface area contributed by atoms with Crippen molar-refractivity contribution in [1.82, 2.24) is 10.6 Å². The number of aliphatic hydroxyl groups is 3. The van der Waals surface area contributed by atoms with Crippen molar-refractivity contribution in [3.05, 3.63) is 11.8 Å². The van der Waals surface area contributed by atoms with Crippen LogP contribution in [0.4, 0.5) is 0 Å². The Labute approximate surface area is 225 Å². The summed E-state index contributed by atoms with van der Waals surface area (Å²) in [6.45, 7) is 3.20. The molecule has 2 saturated carbocycles. The predicted octanol–water partition coefficient (Wildman–Crippen LogP) is -0.802. The highest BCUT2D eigenvalue weighted by atomic mass is 16.7. The van der Waals surface area contributed by atoms with Crippen molar-refractivity contribution >= 4 is 5.91 Å². The number of carbonyl (C=O) groups is 1. The van der Waals surface area contributed by atoms with Crippen LogP contribution in [-0.2, 0) is 23.7 Å². The third-order valence-corrected chi connectivity index (χ3v) is 7.46. The summed E-state index contributed by atoms with van der Waals surface area (Å²) < 4.78 is 23.8. The number of hydrogen-bond donors (Lipinski definition) is 7. The van der Waals surface area contributed by atoms with Crippen LogP contribution < -0.4 is 22.1 Å². The van der Waals surface area contributed by atoms with Gasteiger partial charge in [0.2, 0.25) is 5.91 Å². The highest BCUT2D eigenvalue weighted by Gasteiger charge is 2.47. The topological polar surface area (TPSA) is 191 Å². The van der Waals surface area contributed by atoms with Crippen LogP contribution in [0, 0.1) is 5.92 Å². The summed E-state index contributed by atoms with van der Waals surface area (Å²) in [6, 6.07) is -1.28. The van der Waals surface area contributed by atoms with E-state index in [1.54, 1.807) is 6.92 Å². The van der Waals surface area contributed by atoms with Crippen molar-refractivity contribution in [2.24, 2.45) is 17.4 Å². The molecule has 0 saturated heterocycles. The number of aliphatic hydroxyl groups excluding tert-OH is 3. The molecule has 1 amide bonds. The zero-order valence-corrected chi connectivity index (χ0v) is 22.5. The van der Waals surface area contributed by atoms with Gasteiger partial charge in [0.05, 0.1) is 25.8 Å². The van der Waals surface area contributed by atoms with Crippen LogP contribution in [-0.4, -0.2) is 103 Å².